The largest absolute Gasteiger partial charge is 0.465 e. The van der Waals surface area contributed by atoms with Crippen molar-refractivity contribution >= 4 is 34.0 Å². The SMILES string of the molecule is COC(=O)c1cc([N+](=O)[O-])c(=O)n(CC(=O)Nc2nc(C)cs2)c1. The first-order valence-electron chi connectivity index (χ1n) is 6.51. The second-order valence-corrected chi connectivity index (χ2v) is 5.50. The molecule has 1 amide bonds. The summed E-state index contributed by atoms with van der Waals surface area (Å²) in [6.07, 6.45) is 1.04. The molecule has 0 fully saturated rings. The quantitative estimate of drug-likeness (QED) is 0.481. The Labute approximate surface area is 138 Å². The minimum atomic E-state index is -1.00. The van der Waals surface area contributed by atoms with Crippen LogP contribution in [0.5, 0.6) is 0 Å². The number of hydrogen-bond donors (Lipinski definition) is 1. The number of nitrogens with zero attached hydrogens (tertiary/aromatic N) is 3. The van der Waals surface area contributed by atoms with E-state index in [0.717, 1.165) is 29.6 Å². The van der Waals surface area contributed by atoms with Crippen LogP contribution < -0.4 is 10.9 Å². The molecule has 0 unspecified atom stereocenters. The number of esters is 1. The molecule has 11 heteroatoms. The second-order valence-electron chi connectivity index (χ2n) is 4.64. The van der Waals surface area contributed by atoms with Gasteiger partial charge in [0, 0.05) is 17.6 Å². The molecule has 0 saturated heterocycles. The summed E-state index contributed by atoms with van der Waals surface area (Å²) in [5.41, 5.74) is -1.31. The molecule has 1 N–H and O–H groups in total. The summed E-state index contributed by atoms with van der Waals surface area (Å²) in [4.78, 5) is 49.7. The zero-order valence-electron chi connectivity index (χ0n) is 12.6. The minimum Gasteiger partial charge on any atom is -0.465 e. The van der Waals surface area contributed by atoms with Gasteiger partial charge in [-0.25, -0.2) is 9.78 Å². The normalized spacial score (nSPS) is 10.2. The molecular weight excluding hydrogens is 340 g/mol. The molecule has 0 aliphatic rings. The molecule has 0 spiro atoms. The van der Waals surface area contributed by atoms with E-state index in [1.807, 2.05) is 0 Å². The van der Waals surface area contributed by atoms with Gasteiger partial charge in [-0.15, -0.1) is 11.3 Å². The van der Waals surface area contributed by atoms with Gasteiger partial charge in [0.15, 0.2) is 5.13 Å². The third kappa shape index (κ3) is 3.81. The summed E-state index contributed by atoms with van der Waals surface area (Å²) in [5.74, 6) is -1.47. The van der Waals surface area contributed by atoms with Crippen molar-refractivity contribution in [3.8, 4) is 0 Å². The molecule has 2 aromatic rings. The Morgan fingerprint density at radius 2 is 2.21 bits per heavy atom. The van der Waals surface area contributed by atoms with Crippen molar-refractivity contribution in [3.05, 3.63) is 49.4 Å². The lowest BCUT2D eigenvalue weighted by molar-refractivity contribution is -0.386. The molecule has 0 radical (unpaired) electrons. The van der Waals surface area contributed by atoms with E-state index in [9.17, 15) is 24.5 Å². The van der Waals surface area contributed by atoms with Crippen molar-refractivity contribution in [2.75, 3.05) is 12.4 Å². The standard InChI is InChI=1S/C13H12N4O6S/c1-7-6-24-13(14-7)15-10(18)5-16-4-8(12(20)23-2)3-9(11(16)19)17(21)22/h3-4,6H,5H2,1-2H3,(H,14,15,18). The van der Waals surface area contributed by atoms with Gasteiger partial charge in [0.05, 0.1) is 23.3 Å². The number of amides is 1. The zero-order valence-corrected chi connectivity index (χ0v) is 13.5. The Morgan fingerprint density at radius 3 is 2.75 bits per heavy atom. The Balaban J connectivity index is 2.32. The van der Waals surface area contributed by atoms with E-state index in [0.29, 0.717) is 5.13 Å². The number of rotatable bonds is 5. The lowest BCUT2D eigenvalue weighted by atomic mass is 10.2. The maximum atomic E-state index is 12.0. The summed E-state index contributed by atoms with van der Waals surface area (Å²) in [5, 5.41) is 15.5. The smallest absolute Gasteiger partial charge is 0.339 e. The number of thiazole rings is 1. The molecule has 24 heavy (non-hydrogen) atoms. The van der Waals surface area contributed by atoms with Crippen molar-refractivity contribution < 1.29 is 19.2 Å². The first kappa shape index (κ1) is 17.3. The van der Waals surface area contributed by atoms with Crippen LogP contribution in [0.1, 0.15) is 16.1 Å². The Morgan fingerprint density at radius 1 is 1.50 bits per heavy atom. The number of pyridine rings is 1. The van der Waals surface area contributed by atoms with E-state index in [4.69, 9.17) is 0 Å². The number of aryl methyl sites for hydroxylation is 1. The summed E-state index contributed by atoms with van der Waals surface area (Å²) < 4.78 is 5.26. The topological polar surface area (TPSA) is 133 Å². The fourth-order valence-corrected chi connectivity index (χ4v) is 2.53. The Bertz CT molecular complexity index is 872. The highest BCUT2D eigenvalue weighted by atomic mass is 32.1. The molecule has 0 bridgehead atoms. The number of carbonyl (C=O) groups excluding carboxylic acids is 2. The first-order valence-corrected chi connectivity index (χ1v) is 7.39. The third-order valence-corrected chi connectivity index (χ3v) is 3.74. The molecule has 2 rings (SSSR count). The van der Waals surface area contributed by atoms with Crippen molar-refractivity contribution in [3.63, 3.8) is 0 Å². The lowest BCUT2D eigenvalue weighted by Gasteiger charge is -2.07. The summed E-state index contributed by atoms with van der Waals surface area (Å²) in [6.45, 7) is 1.24. The second kappa shape index (κ2) is 7.00. The summed E-state index contributed by atoms with van der Waals surface area (Å²) in [6, 6.07) is 0.812. The highest BCUT2D eigenvalue weighted by Gasteiger charge is 2.21. The number of methoxy groups -OCH3 is 1. The number of aromatic nitrogens is 2. The Kier molecular flexibility index (Phi) is 5.04. The van der Waals surface area contributed by atoms with Crippen molar-refractivity contribution in [2.24, 2.45) is 0 Å². The average molecular weight is 352 g/mol. The van der Waals surface area contributed by atoms with Crippen molar-refractivity contribution in [1.29, 1.82) is 0 Å². The molecule has 0 saturated carbocycles. The number of ether oxygens (including phenoxy) is 1. The summed E-state index contributed by atoms with van der Waals surface area (Å²) in [7, 11) is 1.10. The number of carbonyl (C=O) groups is 2. The summed E-state index contributed by atoms with van der Waals surface area (Å²) >= 11 is 1.20. The van der Waals surface area contributed by atoms with Crippen molar-refractivity contribution in [1.82, 2.24) is 9.55 Å². The van der Waals surface area contributed by atoms with Gasteiger partial charge in [0.2, 0.25) is 5.91 Å². The van der Waals surface area contributed by atoms with Crippen molar-refractivity contribution in [2.45, 2.75) is 13.5 Å². The third-order valence-electron chi connectivity index (χ3n) is 2.86. The maximum absolute atomic E-state index is 12.0. The van der Waals surface area contributed by atoms with Gasteiger partial charge < -0.3 is 10.1 Å². The highest BCUT2D eigenvalue weighted by Crippen LogP contribution is 2.14. The highest BCUT2D eigenvalue weighted by molar-refractivity contribution is 7.13. The molecule has 0 atom stereocenters. The maximum Gasteiger partial charge on any atom is 0.339 e. The molecule has 0 aromatic carbocycles. The zero-order chi connectivity index (χ0) is 17.9. The number of anilines is 1. The molecule has 2 aromatic heterocycles. The molecule has 126 valence electrons. The van der Waals surface area contributed by atoms with Gasteiger partial charge in [-0.2, -0.15) is 0 Å². The van der Waals surface area contributed by atoms with Gasteiger partial charge in [-0.05, 0) is 6.92 Å². The Hall–Kier alpha value is -3.08. The van der Waals surface area contributed by atoms with Crippen LogP contribution in [-0.4, -0.2) is 33.5 Å². The van der Waals surface area contributed by atoms with Gasteiger partial charge in [-0.1, -0.05) is 0 Å². The number of nitrogens with one attached hydrogen (secondary N) is 1. The van der Waals surface area contributed by atoms with Crippen LogP contribution in [0.3, 0.4) is 0 Å². The van der Waals surface area contributed by atoms with E-state index < -0.39 is 34.6 Å². The van der Waals surface area contributed by atoms with Crippen LogP contribution in [-0.2, 0) is 16.1 Å². The van der Waals surface area contributed by atoms with Crippen LogP contribution in [0.2, 0.25) is 0 Å². The van der Waals surface area contributed by atoms with Crippen LogP contribution in [0.4, 0.5) is 10.8 Å². The predicted octanol–water partition coefficient (Wildman–Crippen LogP) is 0.947. The lowest BCUT2D eigenvalue weighted by Crippen LogP contribution is -2.29. The van der Waals surface area contributed by atoms with Crippen LogP contribution in [0.25, 0.3) is 0 Å². The monoisotopic (exact) mass is 352 g/mol. The fraction of sp³-hybridized carbons (Fsp3) is 0.231. The van der Waals surface area contributed by atoms with E-state index in [1.54, 1.807) is 12.3 Å². The van der Waals surface area contributed by atoms with Crippen LogP contribution in [0.15, 0.2) is 22.4 Å². The fourth-order valence-electron chi connectivity index (χ4n) is 1.82. The van der Waals surface area contributed by atoms with Gasteiger partial charge in [-0.3, -0.25) is 24.3 Å². The first-order chi connectivity index (χ1) is 11.3. The average Bonchev–Trinajstić information content (AvgIpc) is 2.92. The van der Waals surface area contributed by atoms with Gasteiger partial charge in [0.25, 0.3) is 0 Å². The van der Waals surface area contributed by atoms with Crippen LogP contribution >= 0.6 is 11.3 Å². The number of nitro groups is 1. The molecule has 10 nitrogen and oxygen atoms in total. The minimum absolute atomic E-state index is 0.207. The van der Waals surface area contributed by atoms with Gasteiger partial charge in [0.1, 0.15) is 6.54 Å². The van der Waals surface area contributed by atoms with E-state index in [1.165, 1.54) is 11.3 Å². The van der Waals surface area contributed by atoms with Crippen LogP contribution in [0, 0.1) is 17.0 Å². The molecular formula is C13H12N4O6S. The molecule has 2 heterocycles. The predicted molar refractivity (Wildman–Crippen MR) is 84.2 cm³/mol. The molecule has 0 aliphatic carbocycles. The number of hydrogen-bond acceptors (Lipinski definition) is 8. The molecule has 0 aliphatic heterocycles. The van der Waals surface area contributed by atoms with E-state index >= 15 is 0 Å². The van der Waals surface area contributed by atoms with Gasteiger partial charge >= 0.3 is 17.2 Å². The van der Waals surface area contributed by atoms with E-state index in [2.05, 4.69) is 15.0 Å². The van der Waals surface area contributed by atoms with E-state index in [-0.39, 0.29) is 5.56 Å².